The molecule has 1 aromatic rings. The number of nitrogens with zero attached hydrogens (tertiary/aromatic N) is 2. The van der Waals surface area contributed by atoms with Crippen molar-refractivity contribution in [1.82, 2.24) is 9.13 Å². The van der Waals surface area contributed by atoms with Crippen LogP contribution in [0.2, 0.25) is 0 Å². The van der Waals surface area contributed by atoms with Gasteiger partial charge in [-0.15, -0.1) is 0 Å². The molecule has 1 aromatic heterocycles. The van der Waals surface area contributed by atoms with Crippen molar-refractivity contribution in [3.05, 3.63) is 32.6 Å². The van der Waals surface area contributed by atoms with E-state index in [-0.39, 0.29) is 23.1 Å². The fourth-order valence-electron chi connectivity index (χ4n) is 2.25. The molecule has 0 fully saturated rings. The van der Waals surface area contributed by atoms with Crippen molar-refractivity contribution < 1.29 is 4.79 Å². The fourth-order valence-corrected chi connectivity index (χ4v) is 2.25. The second-order valence-corrected chi connectivity index (χ2v) is 5.35. The van der Waals surface area contributed by atoms with Gasteiger partial charge >= 0.3 is 5.69 Å². The summed E-state index contributed by atoms with van der Waals surface area (Å²) in [6.45, 7) is 5.44. The van der Waals surface area contributed by atoms with Crippen LogP contribution in [-0.4, -0.2) is 14.9 Å². The minimum atomic E-state index is -0.517. The molecule has 0 saturated heterocycles. The number of hydrogen-bond donors (Lipinski definition) is 0. The molecule has 5 heteroatoms. The monoisotopic (exact) mass is 280 g/mol. The SMILES string of the molecule is CCCCCC[C@@H](C)n1cc(C(C)=O)c(=O)n(C)c1=O. The van der Waals surface area contributed by atoms with E-state index in [2.05, 4.69) is 6.92 Å². The lowest BCUT2D eigenvalue weighted by Gasteiger charge is -2.16. The Hall–Kier alpha value is -1.65. The molecule has 1 atom stereocenters. The number of aromatic nitrogens is 2. The van der Waals surface area contributed by atoms with Crippen molar-refractivity contribution in [3.8, 4) is 0 Å². The molecule has 0 bridgehead atoms. The summed E-state index contributed by atoms with van der Waals surface area (Å²) in [6.07, 6.45) is 6.82. The van der Waals surface area contributed by atoms with Gasteiger partial charge in [0.1, 0.15) is 0 Å². The lowest BCUT2D eigenvalue weighted by Crippen LogP contribution is -2.41. The Kier molecular flexibility index (Phi) is 5.92. The number of ketones is 1. The zero-order chi connectivity index (χ0) is 15.3. The Labute approximate surface area is 119 Å². The van der Waals surface area contributed by atoms with Crippen LogP contribution in [0.3, 0.4) is 0 Å². The summed E-state index contributed by atoms with van der Waals surface area (Å²) in [5.41, 5.74) is -0.799. The fraction of sp³-hybridized carbons (Fsp3) is 0.667. The van der Waals surface area contributed by atoms with Gasteiger partial charge in [-0.25, -0.2) is 4.79 Å². The molecule has 0 aliphatic carbocycles. The highest BCUT2D eigenvalue weighted by molar-refractivity contribution is 5.93. The van der Waals surface area contributed by atoms with Gasteiger partial charge in [0.05, 0.1) is 5.56 Å². The molecule has 0 unspecified atom stereocenters. The van der Waals surface area contributed by atoms with Gasteiger partial charge in [-0.05, 0) is 20.3 Å². The minimum absolute atomic E-state index is 0.00995. The maximum atomic E-state index is 12.1. The van der Waals surface area contributed by atoms with Gasteiger partial charge in [0.25, 0.3) is 5.56 Å². The molecule has 0 spiro atoms. The molecule has 0 N–H and O–H groups in total. The summed E-state index contributed by atoms with van der Waals surface area (Å²) < 4.78 is 2.52. The molecule has 0 saturated carbocycles. The van der Waals surface area contributed by atoms with Crippen molar-refractivity contribution in [2.45, 2.75) is 58.9 Å². The van der Waals surface area contributed by atoms with Crippen molar-refractivity contribution in [2.24, 2.45) is 7.05 Å². The van der Waals surface area contributed by atoms with Crippen LogP contribution in [0.25, 0.3) is 0 Å². The van der Waals surface area contributed by atoms with Gasteiger partial charge in [0, 0.05) is 19.3 Å². The van der Waals surface area contributed by atoms with E-state index in [1.165, 1.54) is 37.6 Å². The third kappa shape index (κ3) is 3.68. The van der Waals surface area contributed by atoms with E-state index in [1.807, 2.05) is 6.92 Å². The normalized spacial score (nSPS) is 12.4. The lowest BCUT2D eigenvalue weighted by atomic mass is 10.1. The van der Waals surface area contributed by atoms with Crippen LogP contribution in [0.1, 0.15) is 69.3 Å². The molecule has 1 rings (SSSR count). The van der Waals surface area contributed by atoms with Gasteiger partial charge in [0.15, 0.2) is 5.78 Å². The molecule has 0 amide bonds. The van der Waals surface area contributed by atoms with E-state index in [9.17, 15) is 14.4 Å². The van der Waals surface area contributed by atoms with E-state index in [0.29, 0.717) is 0 Å². The van der Waals surface area contributed by atoms with Crippen LogP contribution in [0.4, 0.5) is 0 Å². The topological polar surface area (TPSA) is 61.1 Å². The van der Waals surface area contributed by atoms with Gasteiger partial charge in [-0.3, -0.25) is 18.7 Å². The number of rotatable bonds is 7. The number of Topliss-reactive ketones (excluding diaryl/α,β-unsaturated/α-hetero) is 1. The molecular formula is C15H24N2O3. The maximum absolute atomic E-state index is 12.1. The van der Waals surface area contributed by atoms with E-state index in [0.717, 1.165) is 23.8 Å². The summed E-state index contributed by atoms with van der Waals surface area (Å²) in [6, 6.07) is -0.00995. The minimum Gasteiger partial charge on any atom is -0.297 e. The highest BCUT2D eigenvalue weighted by Crippen LogP contribution is 2.14. The molecule has 0 aliphatic heterocycles. The summed E-state index contributed by atoms with van der Waals surface area (Å²) in [5.74, 6) is -0.308. The molecule has 0 radical (unpaired) electrons. The molecular weight excluding hydrogens is 256 g/mol. The van der Waals surface area contributed by atoms with Gasteiger partial charge < -0.3 is 0 Å². The first-order valence-corrected chi connectivity index (χ1v) is 7.23. The smallest absolute Gasteiger partial charge is 0.297 e. The Morgan fingerprint density at radius 2 is 1.90 bits per heavy atom. The Morgan fingerprint density at radius 1 is 1.25 bits per heavy atom. The van der Waals surface area contributed by atoms with Gasteiger partial charge in [-0.2, -0.15) is 0 Å². The average molecular weight is 280 g/mol. The first-order chi connectivity index (χ1) is 9.40. The summed E-state index contributed by atoms with van der Waals surface area (Å²) in [5, 5.41) is 0. The van der Waals surface area contributed by atoms with Crippen LogP contribution in [-0.2, 0) is 7.05 Å². The molecule has 20 heavy (non-hydrogen) atoms. The number of unbranched alkanes of at least 4 members (excludes halogenated alkanes) is 3. The van der Waals surface area contributed by atoms with Crippen molar-refractivity contribution in [1.29, 1.82) is 0 Å². The van der Waals surface area contributed by atoms with Crippen LogP contribution >= 0.6 is 0 Å². The average Bonchev–Trinajstić information content (AvgIpc) is 2.40. The Morgan fingerprint density at radius 3 is 2.45 bits per heavy atom. The number of carbonyl (C=O) groups is 1. The summed E-state index contributed by atoms with van der Waals surface area (Å²) in [4.78, 5) is 35.4. The molecule has 0 aliphatic rings. The molecule has 1 heterocycles. The molecule has 5 nitrogen and oxygen atoms in total. The summed E-state index contributed by atoms with van der Waals surface area (Å²) in [7, 11) is 1.41. The Balaban J connectivity index is 3.03. The maximum Gasteiger partial charge on any atom is 0.330 e. The zero-order valence-electron chi connectivity index (χ0n) is 12.8. The van der Waals surface area contributed by atoms with E-state index < -0.39 is 5.56 Å². The third-order valence-electron chi connectivity index (χ3n) is 3.64. The van der Waals surface area contributed by atoms with E-state index in [4.69, 9.17) is 0 Å². The standard InChI is InChI=1S/C15H24N2O3/c1-5-6-7-8-9-11(2)17-10-13(12(3)18)14(19)16(4)15(17)20/h10-11H,5-9H2,1-4H3/t11-/m1/s1. The second kappa shape index (κ2) is 7.22. The number of carbonyl (C=O) groups excluding carboxylic acids is 1. The van der Waals surface area contributed by atoms with E-state index >= 15 is 0 Å². The zero-order valence-corrected chi connectivity index (χ0v) is 12.8. The highest BCUT2D eigenvalue weighted by atomic mass is 16.2. The summed E-state index contributed by atoms with van der Waals surface area (Å²) >= 11 is 0. The highest BCUT2D eigenvalue weighted by Gasteiger charge is 2.15. The predicted molar refractivity (Wildman–Crippen MR) is 79.4 cm³/mol. The molecule has 0 aromatic carbocycles. The van der Waals surface area contributed by atoms with Gasteiger partial charge in [0.2, 0.25) is 0 Å². The second-order valence-electron chi connectivity index (χ2n) is 5.35. The first-order valence-electron chi connectivity index (χ1n) is 7.23. The van der Waals surface area contributed by atoms with Crippen molar-refractivity contribution >= 4 is 5.78 Å². The van der Waals surface area contributed by atoms with Gasteiger partial charge in [-0.1, -0.05) is 32.6 Å². The Bertz CT molecular complexity index is 584. The largest absolute Gasteiger partial charge is 0.330 e. The van der Waals surface area contributed by atoms with Crippen LogP contribution < -0.4 is 11.2 Å². The van der Waals surface area contributed by atoms with Crippen LogP contribution in [0, 0.1) is 0 Å². The first kappa shape index (κ1) is 16.4. The van der Waals surface area contributed by atoms with Crippen molar-refractivity contribution in [2.75, 3.05) is 0 Å². The predicted octanol–water partition coefficient (Wildman–Crippen LogP) is 2.28. The van der Waals surface area contributed by atoms with E-state index in [1.54, 1.807) is 0 Å². The lowest BCUT2D eigenvalue weighted by molar-refractivity contribution is 0.101. The number of hydrogen-bond acceptors (Lipinski definition) is 3. The quantitative estimate of drug-likeness (QED) is 0.568. The third-order valence-corrected chi connectivity index (χ3v) is 3.64. The molecule has 112 valence electrons. The van der Waals surface area contributed by atoms with Crippen LogP contribution in [0.15, 0.2) is 15.8 Å². The van der Waals surface area contributed by atoms with Crippen molar-refractivity contribution in [3.63, 3.8) is 0 Å². The van der Waals surface area contributed by atoms with Crippen LogP contribution in [0.5, 0.6) is 0 Å².